The number of carbonyl (C=O) groups excluding carboxylic acids is 1. The van der Waals surface area contributed by atoms with E-state index in [1.807, 2.05) is 38.1 Å². The molecule has 3 rings (SSSR count). The molecule has 0 aliphatic carbocycles. The van der Waals surface area contributed by atoms with E-state index in [1.165, 1.54) is 6.20 Å². The van der Waals surface area contributed by atoms with Gasteiger partial charge in [-0.2, -0.15) is 5.10 Å². The minimum Gasteiger partial charge on any atom is -0.287 e. The lowest BCUT2D eigenvalue weighted by molar-refractivity contribution is 0.102. The zero-order chi connectivity index (χ0) is 15.0. The van der Waals surface area contributed by atoms with E-state index in [4.69, 9.17) is 11.6 Å². The van der Waals surface area contributed by atoms with Gasteiger partial charge in [-0.25, -0.2) is 0 Å². The topological polar surface area (TPSA) is 47.8 Å². The molecule has 2 heterocycles. The second kappa shape index (κ2) is 5.30. The maximum absolute atomic E-state index is 12.9. The number of rotatable bonds is 3. The SMILES string of the molecule is CC(C)n1ncc(Cl)c1C(=O)c1cccc2ncccc12. The molecule has 0 bridgehead atoms. The van der Waals surface area contributed by atoms with Crippen molar-refractivity contribution in [3.63, 3.8) is 0 Å². The van der Waals surface area contributed by atoms with E-state index in [2.05, 4.69) is 10.1 Å². The minimum atomic E-state index is -0.134. The van der Waals surface area contributed by atoms with Gasteiger partial charge in [0.15, 0.2) is 0 Å². The molecule has 0 atom stereocenters. The second-order valence-electron chi connectivity index (χ2n) is 5.08. The largest absolute Gasteiger partial charge is 0.287 e. The number of carbonyl (C=O) groups is 1. The molecule has 0 N–H and O–H groups in total. The number of fused-ring (bicyclic) bond motifs is 1. The summed E-state index contributed by atoms with van der Waals surface area (Å²) in [5, 5.41) is 5.38. The lowest BCUT2D eigenvalue weighted by atomic mass is 10.0. The van der Waals surface area contributed by atoms with Crippen LogP contribution in [-0.2, 0) is 0 Å². The maximum atomic E-state index is 12.9. The van der Waals surface area contributed by atoms with Crippen molar-refractivity contribution in [1.82, 2.24) is 14.8 Å². The van der Waals surface area contributed by atoms with Crippen LogP contribution in [0.5, 0.6) is 0 Å². The van der Waals surface area contributed by atoms with Crippen LogP contribution in [0.3, 0.4) is 0 Å². The molecule has 0 aliphatic rings. The maximum Gasteiger partial charge on any atom is 0.213 e. The Kier molecular flexibility index (Phi) is 3.47. The molecule has 1 aromatic carbocycles. The van der Waals surface area contributed by atoms with Crippen molar-refractivity contribution in [3.05, 3.63) is 59.0 Å². The van der Waals surface area contributed by atoms with Gasteiger partial charge in [-0.05, 0) is 26.0 Å². The number of hydrogen-bond donors (Lipinski definition) is 0. The van der Waals surface area contributed by atoms with Crippen molar-refractivity contribution in [3.8, 4) is 0 Å². The van der Waals surface area contributed by atoms with Gasteiger partial charge >= 0.3 is 0 Å². The zero-order valence-electron chi connectivity index (χ0n) is 11.7. The standard InChI is InChI=1S/C16H14ClN3O/c1-10(2)20-15(13(17)9-19-20)16(21)12-5-3-7-14-11(12)6-4-8-18-14/h3-10H,1-2H3. The van der Waals surface area contributed by atoms with Crippen molar-refractivity contribution in [2.45, 2.75) is 19.9 Å². The zero-order valence-corrected chi connectivity index (χ0v) is 12.5. The average Bonchev–Trinajstić information content (AvgIpc) is 2.88. The van der Waals surface area contributed by atoms with Crippen LogP contribution in [-0.4, -0.2) is 20.5 Å². The Hall–Kier alpha value is -2.20. The lowest BCUT2D eigenvalue weighted by Gasteiger charge is -2.11. The molecule has 0 aliphatic heterocycles. The number of pyridine rings is 1. The molecular formula is C16H14ClN3O. The van der Waals surface area contributed by atoms with E-state index in [1.54, 1.807) is 16.9 Å². The van der Waals surface area contributed by atoms with Crippen LogP contribution < -0.4 is 0 Å². The molecule has 5 heteroatoms. The van der Waals surface area contributed by atoms with Crippen molar-refractivity contribution in [1.29, 1.82) is 0 Å². The van der Waals surface area contributed by atoms with Crippen molar-refractivity contribution < 1.29 is 4.79 Å². The fraction of sp³-hybridized carbons (Fsp3) is 0.188. The Morgan fingerprint density at radius 1 is 1.24 bits per heavy atom. The van der Waals surface area contributed by atoms with Crippen molar-refractivity contribution in [2.24, 2.45) is 0 Å². The summed E-state index contributed by atoms with van der Waals surface area (Å²) in [4.78, 5) is 17.2. The summed E-state index contributed by atoms with van der Waals surface area (Å²) in [6.45, 7) is 3.93. The van der Waals surface area contributed by atoms with Gasteiger partial charge < -0.3 is 0 Å². The summed E-state index contributed by atoms with van der Waals surface area (Å²) in [5.74, 6) is -0.134. The summed E-state index contributed by atoms with van der Waals surface area (Å²) in [5.41, 5.74) is 1.79. The third-order valence-corrected chi connectivity index (χ3v) is 3.62. The van der Waals surface area contributed by atoms with Gasteiger partial charge in [0.2, 0.25) is 5.78 Å². The first kappa shape index (κ1) is 13.8. The second-order valence-corrected chi connectivity index (χ2v) is 5.49. The highest BCUT2D eigenvalue weighted by atomic mass is 35.5. The highest BCUT2D eigenvalue weighted by Gasteiger charge is 2.22. The Morgan fingerprint density at radius 3 is 2.81 bits per heavy atom. The third-order valence-electron chi connectivity index (χ3n) is 3.35. The predicted octanol–water partition coefficient (Wildman–Crippen LogP) is 3.90. The number of ketones is 1. The Balaban J connectivity index is 2.20. The van der Waals surface area contributed by atoms with Gasteiger partial charge in [-0.1, -0.05) is 29.8 Å². The normalized spacial score (nSPS) is 11.2. The van der Waals surface area contributed by atoms with Crippen molar-refractivity contribution >= 4 is 28.3 Å². The average molecular weight is 300 g/mol. The molecule has 2 aromatic heterocycles. The lowest BCUT2D eigenvalue weighted by Crippen LogP contribution is -2.14. The van der Waals surface area contributed by atoms with E-state index in [0.29, 0.717) is 16.3 Å². The number of hydrogen-bond acceptors (Lipinski definition) is 3. The molecule has 0 radical (unpaired) electrons. The third kappa shape index (κ3) is 2.32. The van der Waals surface area contributed by atoms with E-state index in [-0.39, 0.29) is 11.8 Å². The Morgan fingerprint density at radius 2 is 2.05 bits per heavy atom. The molecule has 0 fully saturated rings. The van der Waals surface area contributed by atoms with Crippen molar-refractivity contribution in [2.75, 3.05) is 0 Å². The predicted molar refractivity (Wildman–Crippen MR) is 82.8 cm³/mol. The number of benzene rings is 1. The summed E-state index contributed by atoms with van der Waals surface area (Å²) in [6, 6.07) is 9.27. The molecule has 106 valence electrons. The molecule has 0 spiro atoms. The van der Waals surface area contributed by atoms with Gasteiger partial charge in [-0.3, -0.25) is 14.5 Å². The first-order chi connectivity index (χ1) is 10.1. The summed E-state index contributed by atoms with van der Waals surface area (Å²) in [7, 11) is 0. The molecule has 0 unspecified atom stereocenters. The molecule has 0 saturated carbocycles. The quantitative estimate of drug-likeness (QED) is 0.689. The summed E-state index contributed by atoms with van der Waals surface area (Å²) >= 11 is 6.17. The van der Waals surface area contributed by atoms with Crippen LogP contribution in [0.1, 0.15) is 35.9 Å². The van der Waals surface area contributed by atoms with Crippen LogP contribution >= 0.6 is 11.6 Å². The fourth-order valence-corrected chi connectivity index (χ4v) is 2.59. The molecule has 0 saturated heterocycles. The highest BCUT2D eigenvalue weighted by molar-refractivity contribution is 6.35. The van der Waals surface area contributed by atoms with Gasteiger partial charge in [0, 0.05) is 23.2 Å². The molecule has 21 heavy (non-hydrogen) atoms. The van der Waals surface area contributed by atoms with E-state index < -0.39 is 0 Å². The summed E-state index contributed by atoms with van der Waals surface area (Å²) < 4.78 is 1.65. The summed E-state index contributed by atoms with van der Waals surface area (Å²) in [6.07, 6.45) is 3.22. The van der Waals surface area contributed by atoms with Gasteiger partial charge in [0.05, 0.1) is 16.7 Å². The smallest absolute Gasteiger partial charge is 0.213 e. The number of nitrogens with zero attached hydrogens (tertiary/aromatic N) is 3. The van der Waals surface area contributed by atoms with Gasteiger partial charge in [0.1, 0.15) is 5.69 Å². The first-order valence-electron chi connectivity index (χ1n) is 6.71. The Labute approximate surface area is 127 Å². The Bertz CT molecular complexity index is 818. The monoisotopic (exact) mass is 299 g/mol. The van der Waals surface area contributed by atoms with Gasteiger partial charge in [-0.15, -0.1) is 0 Å². The van der Waals surface area contributed by atoms with E-state index in [0.717, 1.165) is 10.9 Å². The fourth-order valence-electron chi connectivity index (χ4n) is 2.37. The molecule has 3 aromatic rings. The van der Waals surface area contributed by atoms with Crippen LogP contribution in [0, 0.1) is 0 Å². The van der Waals surface area contributed by atoms with Crippen LogP contribution in [0.4, 0.5) is 0 Å². The van der Waals surface area contributed by atoms with Crippen LogP contribution in [0.15, 0.2) is 42.7 Å². The van der Waals surface area contributed by atoms with Crippen LogP contribution in [0.2, 0.25) is 5.02 Å². The molecule has 0 amide bonds. The van der Waals surface area contributed by atoms with Gasteiger partial charge in [0.25, 0.3) is 0 Å². The number of aromatic nitrogens is 3. The minimum absolute atomic E-state index is 0.0598. The van der Waals surface area contributed by atoms with E-state index in [9.17, 15) is 4.79 Å². The molecular weight excluding hydrogens is 286 g/mol. The highest BCUT2D eigenvalue weighted by Crippen LogP contribution is 2.25. The van der Waals surface area contributed by atoms with E-state index >= 15 is 0 Å². The van der Waals surface area contributed by atoms with Crippen LogP contribution in [0.25, 0.3) is 10.9 Å². The first-order valence-corrected chi connectivity index (χ1v) is 7.09. The number of halogens is 1. The molecule has 4 nitrogen and oxygen atoms in total.